The molecule has 0 aliphatic carbocycles. The van der Waals surface area contributed by atoms with Gasteiger partial charge in [0, 0.05) is 5.56 Å². The van der Waals surface area contributed by atoms with Crippen LogP contribution in [0.25, 0.3) is 0 Å². The molecule has 234 valence electrons. The normalized spacial score (nSPS) is 25.9. The third kappa shape index (κ3) is 8.85. The van der Waals surface area contributed by atoms with Gasteiger partial charge in [-0.3, -0.25) is 4.79 Å². The van der Waals surface area contributed by atoms with E-state index in [0.717, 1.165) is 16.7 Å². The van der Waals surface area contributed by atoms with Gasteiger partial charge in [0.1, 0.15) is 30.0 Å². The molecule has 3 aromatic carbocycles. The standard InChI is InChI=1S/C36H42O8/c1-5-28(21-30(37)44-36(2,3)4)41-35-33(39-23-26-17-11-7-12-18-26)32(38-22-25-15-9-6-10-16-25)31-29(42-35)24-40-34(43-31)27-19-13-8-14-20-27/h5-20,28-29,31-35H,1,21-24H2,2-4H3/t28-,29+,31+,32-,33+,34+,35+/m0/s1. The highest BCUT2D eigenvalue weighted by Crippen LogP contribution is 2.38. The van der Waals surface area contributed by atoms with Crippen LogP contribution in [0, 0.1) is 0 Å². The number of fused-ring (bicyclic) bond motifs is 1. The fraction of sp³-hybridized carbons (Fsp3) is 0.417. The molecular formula is C36H42O8. The van der Waals surface area contributed by atoms with E-state index in [2.05, 4.69) is 6.58 Å². The average molecular weight is 603 g/mol. The molecule has 0 bridgehead atoms. The summed E-state index contributed by atoms with van der Waals surface area (Å²) in [6.07, 6.45) is -2.98. The second-order valence-corrected chi connectivity index (χ2v) is 11.9. The van der Waals surface area contributed by atoms with E-state index in [1.54, 1.807) is 6.08 Å². The van der Waals surface area contributed by atoms with Crippen molar-refractivity contribution in [3.8, 4) is 0 Å². The Morgan fingerprint density at radius 1 is 0.864 bits per heavy atom. The second kappa shape index (κ2) is 15.1. The zero-order valence-corrected chi connectivity index (χ0v) is 25.6. The van der Waals surface area contributed by atoms with Gasteiger partial charge in [-0.2, -0.15) is 0 Å². The van der Waals surface area contributed by atoms with Crippen LogP contribution in [0.15, 0.2) is 104 Å². The van der Waals surface area contributed by atoms with E-state index < -0.39 is 54.7 Å². The Balaban J connectivity index is 1.42. The monoisotopic (exact) mass is 602 g/mol. The van der Waals surface area contributed by atoms with Crippen LogP contribution in [0.4, 0.5) is 0 Å². The summed E-state index contributed by atoms with van der Waals surface area (Å²) in [5.41, 5.74) is 2.27. The highest BCUT2D eigenvalue weighted by molar-refractivity contribution is 5.70. The van der Waals surface area contributed by atoms with Gasteiger partial charge >= 0.3 is 5.97 Å². The number of esters is 1. The van der Waals surface area contributed by atoms with Crippen LogP contribution in [0.3, 0.4) is 0 Å². The quantitative estimate of drug-likeness (QED) is 0.177. The van der Waals surface area contributed by atoms with Gasteiger partial charge in [0.05, 0.1) is 32.3 Å². The molecule has 3 aromatic rings. The Morgan fingerprint density at radius 3 is 2.00 bits per heavy atom. The largest absolute Gasteiger partial charge is 0.460 e. The third-order valence-electron chi connectivity index (χ3n) is 7.29. The summed E-state index contributed by atoms with van der Waals surface area (Å²) >= 11 is 0. The van der Waals surface area contributed by atoms with Gasteiger partial charge in [-0.05, 0) is 31.9 Å². The van der Waals surface area contributed by atoms with Gasteiger partial charge < -0.3 is 33.2 Å². The zero-order valence-electron chi connectivity index (χ0n) is 25.6. The van der Waals surface area contributed by atoms with Crippen molar-refractivity contribution < 1.29 is 38.0 Å². The number of hydrogen-bond donors (Lipinski definition) is 0. The SMILES string of the molecule is C=C[C@@H](CC(=O)OC(C)(C)C)O[C@@H]1O[C@@H]2CO[C@@H](c3ccccc3)O[C@H]2[C@H](OCc2ccccc2)[C@H]1OCc1ccccc1. The molecular weight excluding hydrogens is 560 g/mol. The Kier molecular flexibility index (Phi) is 11.0. The van der Waals surface area contributed by atoms with Crippen molar-refractivity contribution in [3.05, 3.63) is 120 Å². The molecule has 2 saturated heterocycles. The van der Waals surface area contributed by atoms with Crippen LogP contribution < -0.4 is 0 Å². The number of rotatable bonds is 12. The van der Waals surface area contributed by atoms with Crippen molar-refractivity contribution in [2.24, 2.45) is 0 Å². The van der Waals surface area contributed by atoms with Crippen LogP contribution in [-0.4, -0.2) is 55.0 Å². The van der Waals surface area contributed by atoms with Gasteiger partial charge in [-0.1, -0.05) is 97.1 Å². The maximum absolute atomic E-state index is 12.7. The molecule has 0 aromatic heterocycles. The Bertz CT molecular complexity index is 1310. The molecule has 44 heavy (non-hydrogen) atoms. The predicted octanol–water partition coefficient (Wildman–Crippen LogP) is 6.30. The fourth-order valence-electron chi connectivity index (χ4n) is 5.24. The first-order valence-electron chi connectivity index (χ1n) is 15.1. The van der Waals surface area contributed by atoms with Crippen molar-refractivity contribution in [2.45, 2.75) is 89.1 Å². The first-order chi connectivity index (χ1) is 21.3. The first kappa shape index (κ1) is 32.0. The van der Waals surface area contributed by atoms with E-state index >= 15 is 0 Å². The first-order valence-corrected chi connectivity index (χ1v) is 15.1. The molecule has 0 amide bonds. The van der Waals surface area contributed by atoms with Crippen molar-refractivity contribution in [2.75, 3.05) is 6.61 Å². The van der Waals surface area contributed by atoms with Crippen molar-refractivity contribution >= 4 is 5.97 Å². The average Bonchev–Trinajstić information content (AvgIpc) is 3.03. The topological polar surface area (TPSA) is 81.7 Å². The Morgan fingerprint density at radius 2 is 1.43 bits per heavy atom. The number of carbonyl (C=O) groups excluding carboxylic acids is 1. The number of ether oxygens (including phenoxy) is 7. The zero-order chi connectivity index (χ0) is 30.9. The molecule has 7 atom stereocenters. The lowest BCUT2D eigenvalue weighted by Crippen LogP contribution is -2.64. The van der Waals surface area contributed by atoms with E-state index in [-0.39, 0.29) is 13.0 Å². The minimum Gasteiger partial charge on any atom is -0.460 e. The summed E-state index contributed by atoms with van der Waals surface area (Å²) in [4.78, 5) is 12.7. The van der Waals surface area contributed by atoms with Crippen LogP contribution >= 0.6 is 0 Å². The molecule has 8 heteroatoms. The summed E-state index contributed by atoms with van der Waals surface area (Å²) in [5, 5.41) is 0. The van der Waals surface area contributed by atoms with Crippen LogP contribution in [0.1, 0.15) is 50.2 Å². The molecule has 0 radical (unpaired) electrons. The lowest BCUT2D eigenvalue weighted by atomic mass is 9.96. The summed E-state index contributed by atoms with van der Waals surface area (Å²) in [7, 11) is 0. The smallest absolute Gasteiger partial charge is 0.309 e. The van der Waals surface area contributed by atoms with Gasteiger partial charge in [0.15, 0.2) is 12.6 Å². The van der Waals surface area contributed by atoms with Crippen molar-refractivity contribution in [3.63, 3.8) is 0 Å². The molecule has 2 aliphatic heterocycles. The van der Waals surface area contributed by atoms with Gasteiger partial charge in [-0.25, -0.2) is 0 Å². The van der Waals surface area contributed by atoms with E-state index in [4.69, 9.17) is 33.2 Å². The molecule has 5 rings (SSSR count). The van der Waals surface area contributed by atoms with E-state index in [1.807, 2.05) is 112 Å². The number of hydrogen-bond acceptors (Lipinski definition) is 8. The van der Waals surface area contributed by atoms with Gasteiger partial charge in [0.25, 0.3) is 0 Å². The van der Waals surface area contributed by atoms with E-state index in [9.17, 15) is 4.79 Å². The third-order valence-corrected chi connectivity index (χ3v) is 7.29. The highest BCUT2D eigenvalue weighted by atomic mass is 16.8. The molecule has 2 fully saturated rings. The lowest BCUT2D eigenvalue weighted by Gasteiger charge is -2.49. The molecule has 8 nitrogen and oxygen atoms in total. The van der Waals surface area contributed by atoms with E-state index in [0.29, 0.717) is 13.2 Å². The van der Waals surface area contributed by atoms with Gasteiger partial charge in [-0.15, -0.1) is 6.58 Å². The Labute approximate surface area is 259 Å². The van der Waals surface area contributed by atoms with Crippen LogP contribution in [0.2, 0.25) is 0 Å². The Hall–Kier alpha value is -3.37. The van der Waals surface area contributed by atoms with Gasteiger partial charge in [0.2, 0.25) is 0 Å². The maximum Gasteiger partial charge on any atom is 0.309 e. The minimum atomic E-state index is -0.911. The summed E-state index contributed by atoms with van der Waals surface area (Å²) in [5.74, 6) is -0.398. The number of benzene rings is 3. The predicted molar refractivity (Wildman–Crippen MR) is 164 cm³/mol. The summed E-state index contributed by atoms with van der Waals surface area (Å²) < 4.78 is 44.3. The fourth-order valence-corrected chi connectivity index (χ4v) is 5.24. The molecule has 2 heterocycles. The van der Waals surface area contributed by atoms with E-state index in [1.165, 1.54) is 0 Å². The van der Waals surface area contributed by atoms with Crippen molar-refractivity contribution in [1.82, 2.24) is 0 Å². The lowest BCUT2D eigenvalue weighted by molar-refractivity contribution is -0.375. The second-order valence-electron chi connectivity index (χ2n) is 11.9. The summed E-state index contributed by atoms with van der Waals surface area (Å²) in [6, 6.07) is 29.6. The van der Waals surface area contributed by atoms with Crippen LogP contribution in [-0.2, 0) is 51.2 Å². The summed E-state index contributed by atoms with van der Waals surface area (Å²) in [6.45, 7) is 10.3. The molecule has 0 spiro atoms. The van der Waals surface area contributed by atoms with Crippen LogP contribution in [0.5, 0.6) is 0 Å². The van der Waals surface area contributed by atoms with Crippen molar-refractivity contribution in [1.29, 1.82) is 0 Å². The molecule has 0 N–H and O–H groups in total. The maximum atomic E-state index is 12.7. The minimum absolute atomic E-state index is 0.0290. The number of carbonyl (C=O) groups is 1. The molecule has 0 saturated carbocycles. The molecule has 0 unspecified atom stereocenters. The molecule has 2 aliphatic rings. The highest BCUT2D eigenvalue weighted by Gasteiger charge is 2.52.